The molecule has 0 heterocycles. The minimum absolute atomic E-state index is 0.0309. The minimum Gasteiger partial charge on any atom is -0.298 e. The number of carbonyl (C=O) groups excluding carboxylic acids is 1. The van der Waals surface area contributed by atoms with Gasteiger partial charge in [-0.3, -0.25) is 4.79 Å². The average molecular weight is 232 g/mol. The number of rotatable bonds is 0. The standard InChI is InChI=1S/C16H24O/c1-11-8-15(3)10-13-6-4-5-7-16(13,14(15)17)9-12(11)2/h13H,4-10H2,1-3H3/t13-,15-,16+/m1/s1. The van der Waals surface area contributed by atoms with Crippen LogP contribution in [0, 0.1) is 16.7 Å². The number of hydrogen-bond donors (Lipinski definition) is 0. The maximum Gasteiger partial charge on any atom is 0.145 e. The van der Waals surface area contributed by atoms with E-state index in [-0.39, 0.29) is 10.8 Å². The Morgan fingerprint density at radius 2 is 1.82 bits per heavy atom. The van der Waals surface area contributed by atoms with Crippen LogP contribution in [0.25, 0.3) is 0 Å². The third-order valence-corrected chi connectivity index (χ3v) is 5.87. The summed E-state index contributed by atoms with van der Waals surface area (Å²) in [5, 5.41) is 0. The second-order valence-electron chi connectivity index (χ2n) is 7.11. The largest absolute Gasteiger partial charge is 0.298 e. The Morgan fingerprint density at radius 3 is 2.59 bits per heavy atom. The second kappa shape index (κ2) is 3.46. The average Bonchev–Trinajstić information content (AvgIpc) is 2.45. The normalized spacial score (nSPS) is 45.8. The number of hydrogen-bond acceptors (Lipinski definition) is 1. The van der Waals surface area contributed by atoms with Crippen molar-refractivity contribution in [3.63, 3.8) is 0 Å². The van der Waals surface area contributed by atoms with Gasteiger partial charge in [-0.25, -0.2) is 0 Å². The van der Waals surface area contributed by atoms with E-state index in [0.29, 0.717) is 11.7 Å². The molecule has 2 bridgehead atoms. The van der Waals surface area contributed by atoms with Crippen LogP contribution >= 0.6 is 0 Å². The van der Waals surface area contributed by atoms with Gasteiger partial charge in [0.15, 0.2) is 0 Å². The first-order valence-electron chi connectivity index (χ1n) is 7.18. The Morgan fingerprint density at radius 1 is 1.12 bits per heavy atom. The summed E-state index contributed by atoms with van der Waals surface area (Å²) in [6, 6.07) is 0. The maximum atomic E-state index is 13.0. The first kappa shape index (κ1) is 11.5. The summed E-state index contributed by atoms with van der Waals surface area (Å²) in [6.07, 6.45) is 8.33. The van der Waals surface area contributed by atoms with E-state index in [1.165, 1.54) is 30.4 Å². The maximum absolute atomic E-state index is 13.0. The lowest BCUT2D eigenvalue weighted by Gasteiger charge is -2.38. The lowest BCUT2D eigenvalue weighted by atomic mass is 9.64. The Hall–Kier alpha value is -0.590. The molecular weight excluding hydrogens is 208 g/mol. The van der Waals surface area contributed by atoms with Crippen LogP contribution in [0.15, 0.2) is 11.1 Å². The predicted molar refractivity (Wildman–Crippen MR) is 69.7 cm³/mol. The summed E-state index contributed by atoms with van der Waals surface area (Å²) in [5.41, 5.74) is 3.02. The zero-order valence-corrected chi connectivity index (χ0v) is 11.4. The molecule has 0 aromatic carbocycles. The molecule has 3 aliphatic rings. The van der Waals surface area contributed by atoms with Crippen LogP contribution in [0.1, 0.15) is 65.7 Å². The SMILES string of the molecule is CC1=C(C)C[C@@]23CCCC[C@@H]2C[C@@](C)(C1)C3=O. The molecule has 1 nitrogen and oxygen atoms in total. The van der Waals surface area contributed by atoms with Crippen molar-refractivity contribution in [2.75, 3.05) is 0 Å². The molecule has 3 aliphatic carbocycles. The molecule has 0 amide bonds. The van der Waals surface area contributed by atoms with E-state index in [1.54, 1.807) is 0 Å². The van der Waals surface area contributed by atoms with E-state index in [0.717, 1.165) is 25.7 Å². The van der Waals surface area contributed by atoms with E-state index in [1.807, 2.05) is 0 Å². The highest BCUT2D eigenvalue weighted by molar-refractivity contribution is 5.93. The molecule has 2 fully saturated rings. The smallest absolute Gasteiger partial charge is 0.145 e. The number of allylic oxidation sites excluding steroid dienone is 2. The molecule has 17 heavy (non-hydrogen) atoms. The summed E-state index contributed by atoms with van der Waals surface area (Å²) in [4.78, 5) is 13.0. The lowest BCUT2D eigenvalue weighted by Crippen LogP contribution is -2.37. The van der Waals surface area contributed by atoms with Crippen molar-refractivity contribution >= 4 is 5.78 Å². The van der Waals surface area contributed by atoms with Crippen molar-refractivity contribution < 1.29 is 4.79 Å². The topological polar surface area (TPSA) is 17.1 Å². The monoisotopic (exact) mass is 232 g/mol. The van der Waals surface area contributed by atoms with Crippen LogP contribution in [0.3, 0.4) is 0 Å². The molecule has 1 heteroatoms. The fraction of sp³-hybridized carbons (Fsp3) is 0.812. The van der Waals surface area contributed by atoms with Gasteiger partial charge in [0, 0.05) is 10.8 Å². The molecule has 94 valence electrons. The van der Waals surface area contributed by atoms with E-state index >= 15 is 0 Å². The quantitative estimate of drug-likeness (QED) is 0.570. The van der Waals surface area contributed by atoms with Crippen LogP contribution in [0.5, 0.6) is 0 Å². The third kappa shape index (κ3) is 1.41. The van der Waals surface area contributed by atoms with Gasteiger partial charge in [0.2, 0.25) is 0 Å². The summed E-state index contributed by atoms with van der Waals surface area (Å²) in [6.45, 7) is 6.73. The van der Waals surface area contributed by atoms with Gasteiger partial charge in [0.1, 0.15) is 5.78 Å². The van der Waals surface area contributed by atoms with Gasteiger partial charge in [0.25, 0.3) is 0 Å². The third-order valence-electron chi connectivity index (χ3n) is 5.87. The van der Waals surface area contributed by atoms with Crippen molar-refractivity contribution in [3.8, 4) is 0 Å². The Bertz CT molecular complexity index is 406. The Labute approximate surface area is 105 Å². The van der Waals surface area contributed by atoms with E-state index in [9.17, 15) is 4.79 Å². The predicted octanol–water partition coefficient (Wildman–Crippen LogP) is 4.27. The first-order valence-corrected chi connectivity index (χ1v) is 7.18. The van der Waals surface area contributed by atoms with Gasteiger partial charge in [0.05, 0.1) is 0 Å². The molecule has 0 aromatic rings. The molecule has 3 rings (SSSR count). The van der Waals surface area contributed by atoms with Crippen molar-refractivity contribution in [1.82, 2.24) is 0 Å². The number of fused-ring (bicyclic) bond motifs is 1. The van der Waals surface area contributed by atoms with Gasteiger partial charge in [-0.2, -0.15) is 0 Å². The highest BCUT2D eigenvalue weighted by Gasteiger charge is 2.60. The van der Waals surface area contributed by atoms with Crippen molar-refractivity contribution in [2.45, 2.75) is 65.7 Å². The van der Waals surface area contributed by atoms with Crippen molar-refractivity contribution in [2.24, 2.45) is 16.7 Å². The van der Waals surface area contributed by atoms with Gasteiger partial charge < -0.3 is 0 Å². The molecule has 2 saturated carbocycles. The minimum atomic E-state index is -0.0309. The van der Waals surface area contributed by atoms with Crippen LogP contribution in [0.4, 0.5) is 0 Å². The highest BCUT2D eigenvalue weighted by Crippen LogP contribution is 2.62. The molecule has 0 aromatic heterocycles. The molecular formula is C16H24O. The van der Waals surface area contributed by atoms with Crippen LogP contribution < -0.4 is 0 Å². The molecule has 1 spiro atoms. The molecule has 0 saturated heterocycles. The number of Topliss-reactive ketones (excluding diaryl/α,β-unsaturated/α-hetero) is 1. The summed E-state index contributed by atoms with van der Waals surface area (Å²) >= 11 is 0. The molecule has 0 radical (unpaired) electrons. The summed E-state index contributed by atoms with van der Waals surface area (Å²) in [5.74, 6) is 1.31. The van der Waals surface area contributed by atoms with Crippen molar-refractivity contribution in [3.05, 3.63) is 11.1 Å². The molecule has 3 atom stereocenters. The number of carbonyl (C=O) groups is 1. The summed E-state index contributed by atoms with van der Waals surface area (Å²) < 4.78 is 0. The second-order valence-corrected chi connectivity index (χ2v) is 7.11. The fourth-order valence-electron chi connectivity index (χ4n) is 4.97. The first-order chi connectivity index (χ1) is 7.98. The van der Waals surface area contributed by atoms with E-state index in [2.05, 4.69) is 20.8 Å². The highest BCUT2D eigenvalue weighted by atomic mass is 16.1. The van der Waals surface area contributed by atoms with Crippen molar-refractivity contribution in [1.29, 1.82) is 0 Å². The van der Waals surface area contributed by atoms with Gasteiger partial charge in [-0.05, 0) is 51.9 Å². The molecule has 0 unspecified atom stereocenters. The lowest BCUT2D eigenvalue weighted by molar-refractivity contribution is -0.134. The summed E-state index contributed by atoms with van der Waals surface area (Å²) in [7, 11) is 0. The van der Waals surface area contributed by atoms with Gasteiger partial charge in [-0.1, -0.05) is 30.9 Å². The number of ketones is 1. The Kier molecular flexibility index (Phi) is 2.34. The van der Waals surface area contributed by atoms with E-state index in [4.69, 9.17) is 0 Å². The zero-order chi connectivity index (χ0) is 12.3. The Balaban J connectivity index is 2.11. The molecule has 0 aliphatic heterocycles. The molecule has 0 N–H and O–H groups in total. The van der Waals surface area contributed by atoms with E-state index < -0.39 is 0 Å². The van der Waals surface area contributed by atoms with Gasteiger partial charge >= 0.3 is 0 Å². The van der Waals surface area contributed by atoms with Crippen LogP contribution in [0.2, 0.25) is 0 Å². The zero-order valence-electron chi connectivity index (χ0n) is 11.4. The fourth-order valence-corrected chi connectivity index (χ4v) is 4.97. The van der Waals surface area contributed by atoms with Crippen LogP contribution in [-0.2, 0) is 4.79 Å². The van der Waals surface area contributed by atoms with Crippen LogP contribution in [-0.4, -0.2) is 5.78 Å². The van der Waals surface area contributed by atoms with Gasteiger partial charge in [-0.15, -0.1) is 0 Å².